The smallest absolute Gasteiger partial charge is 0.293 e. The summed E-state index contributed by atoms with van der Waals surface area (Å²) in [5.74, 6) is -0.0787. The Morgan fingerprint density at radius 1 is 1.17 bits per heavy atom. The van der Waals surface area contributed by atoms with Crippen LogP contribution in [-0.4, -0.2) is 39.0 Å². The van der Waals surface area contributed by atoms with E-state index in [9.17, 15) is 14.9 Å². The van der Waals surface area contributed by atoms with Crippen LogP contribution in [0, 0.1) is 17.0 Å². The number of hydrogen-bond donors (Lipinski definition) is 2. The van der Waals surface area contributed by atoms with Crippen LogP contribution in [0.5, 0.6) is 0 Å². The molecular weight excluding hydrogens is 480 g/mol. The number of thiocarbonyl (C=S) groups is 1. The Morgan fingerprint density at radius 3 is 2.69 bits per heavy atom. The summed E-state index contributed by atoms with van der Waals surface area (Å²) in [6.45, 7) is 3.42. The van der Waals surface area contributed by atoms with Gasteiger partial charge in [-0.1, -0.05) is 0 Å². The number of aromatic nitrogens is 2. The van der Waals surface area contributed by atoms with Crippen LogP contribution in [-0.2, 0) is 0 Å². The Bertz CT molecular complexity index is 1460. The van der Waals surface area contributed by atoms with E-state index >= 15 is 0 Å². The third-order valence-electron chi connectivity index (χ3n) is 5.99. The van der Waals surface area contributed by atoms with E-state index in [0.29, 0.717) is 28.5 Å². The van der Waals surface area contributed by atoms with Gasteiger partial charge in [0.2, 0.25) is 5.89 Å². The molecule has 0 saturated carbocycles. The van der Waals surface area contributed by atoms with Crippen LogP contribution in [0.3, 0.4) is 0 Å². The first-order valence-electron chi connectivity index (χ1n) is 11.4. The molecule has 0 aliphatic carbocycles. The first kappa shape index (κ1) is 23.4. The zero-order valence-corrected chi connectivity index (χ0v) is 20.2. The van der Waals surface area contributed by atoms with Gasteiger partial charge >= 0.3 is 0 Å². The molecule has 0 bridgehead atoms. The predicted octanol–water partition coefficient (Wildman–Crippen LogP) is 4.83. The van der Waals surface area contributed by atoms with Crippen molar-refractivity contribution in [2.45, 2.75) is 19.8 Å². The lowest BCUT2D eigenvalue weighted by Crippen LogP contribution is -2.34. The minimum atomic E-state index is -0.531. The average molecular weight is 503 g/mol. The van der Waals surface area contributed by atoms with Crippen LogP contribution < -0.4 is 15.5 Å². The van der Waals surface area contributed by atoms with Gasteiger partial charge in [-0.3, -0.25) is 20.2 Å². The number of anilines is 2. The molecule has 10 nitrogen and oxygen atoms in total. The number of nitro benzene ring substituents is 1. The monoisotopic (exact) mass is 502 g/mol. The molecule has 1 fully saturated rings. The highest BCUT2D eigenvalue weighted by atomic mass is 32.1. The number of carbonyl (C=O) groups is 1. The fraction of sp³-hybridized carbons (Fsp3) is 0.200. The molecule has 2 aromatic carbocycles. The zero-order chi connectivity index (χ0) is 25.2. The quantitative estimate of drug-likeness (QED) is 0.224. The summed E-state index contributed by atoms with van der Waals surface area (Å²) < 4.78 is 5.77. The van der Waals surface area contributed by atoms with E-state index in [1.807, 2.05) is 24.0 Å². The number of amides is 1. The molecule has 3 heterocycles. The Balaban J connectivity index is 1.28. The minimum Gasteiger partial charge on any atom is -0.434 e. The largest absolute Gasteiger partial charge is 0.434 e. The summed E-state index contributed by atoms with van der Waals surface area (Å²) in [5, 5.41) is 17.3. The van der Waals surface area contributed by atoms with Crippen molar-refractivity contribution in [3.05, 3.63) is 76.0 Å². The molecule has 0 unspecified atom stereocenters. The maximum Gasteiger partial charge on any atom is 0.293 e. The second kappa shape index (κ2) is 9.70. The van der Waals surface area contributed by atoms with Crippen molar-refractivity contribution in [1.29, 1.82) is 0 Å². The number of hydrogen-bond acceptors (Lipinski definition) is 8. The van der Waals surface area contributed by atoms with Gasteiger partial charge in [0.05, 0.1) is 4.92 Å². The lowest BCUT2D eigenvalue weighted by molar-refractivity contribution is -0.384. The number of carbonyl (C=O) groups excluding carboxylic acids is 1. The van der Waals surface area contributed by atoms with Crippen LogP contribution in [0.1, 0.15) is 28.8 Å². The van der Waals surface area contributed by atoms with Crippen LogP contribution in [0.25, 0.3) is 22.7 Å². The van der Waals surface area contributed by atoms with Crippen molar-refractivity contribution >= 4 is 51.5 Å². The highest BCUT2D eigenvalue weighted by Gasteiger charge is 2.24. The molecule has 4 aromatic rings. The number of aryl methyl sites for hydroxylation is 1. The number of pyridine rings is 1. The molecule has 2 aromatic heterocycles. The van der Waals surface area contributed by atoms with Crippen LogP contribution in [0.4, 0.5) is 17.1 Å². The second-order valence-electron chi connectivity index (χ2n) is 8.44. The third kappa shape index (κ3) is 4.73. The zero-order valence-electron chi connectivity index (χ0n) is 19.4. The molecule has 2 N–H and O–H groups in total. The Kier molecular flexibility index (Phi) is 6.30. The number of nitrogens with zero attached hydrogens (tertiary/aromatic N) is 4. The topological polar surface area (TPSA) is 126 Å². The lowest BCUT2D eigenvalue weighted by Gasteiger charge is -2.18. The molecule has 1 aliphatic heterocycles. The standard InChI is InChI=1S/C25H22N6O4S/c1-15-13-17(24-28-22-21(35-24)5-4-10-26-22)6-8-18(15)27-25(36)29-23(32)16-7-9-19(20(14-16)31(33)34)30-11-2-3-12-30/h4-10,13-14H,2-3,11-12H2,1H3,(H2,27,29,32,36). The van der Waals surface area contributed by atoms with E-state index in [1.54, 1.807) is 36.5 Å². The average Bonchev–Trinajstić information content (AvgIpc) is 3.55. The molecule has 0 atom stereocenters. The van der Waals surface area contributed by atoms with E-state index in [2.05, 4.69) is 20.6 Å². The van der Waals surface area contributed by atoms with Gasteiger partial charge in [-0.2, -0.15) is 4.98 Å². The van der Waals surface area contributed by atoms with Crippen molar-refractivity contribution < 1.29 is 14.1 Å². The number of rotatable bonds is 5. The van der Waals surface area contributed by atoms with Crippen LogP contribution in [0.2, 0.25) is 0 Å². The Morgan fingerprint density at radius 2 is 1.97 bits per heavy atom. The normalized spacial score (nSPS) is 13.1. The fourth-order valence-electron chi connectivity index (χ4n) is 4.19. The summed E-state index contributed by atoms with van der Waals surface area (Å²) in [6, 6.07) is 13.6. The summed E-state index contributed by atoms with van der Waals surface area (Å²) in [4.78, 5) is 34.5. The second-order valence-corrected chi connectivity index (χ2v) is 8.85. The predicted molar refractivity (Wildman–Crippen MR) is 140 cm³/mol. The maximum absolute atomic E-state index is 12.8. The van der Waals surface area contributed by atoms with Gasteiger partial charge in [-0.25, -0.2) is 4.98 Å². The summed E-state index contributed by atoms with van der Waals surface area (Å²) >= 11 is 5.32. The van der Waals surface area contributed by atoms with Gasteiger partial charge in [0.25, 0.3) is 11.6 Å². The van der Waals surface area contributed by atoms with Gasteiger partial charge in [-0.15, -0.1) is 0 Å². The highest BCUT2D eigenvalue weighted by molar-refractivity contribution is 7.80. The van der Waals surface area contributed by atoms with Crippen molar-refractivity contribution in [1.82, 2.24) is 15.3 Å². The van der Waals surface area contributed by atoms with E-state index in [0.717, 1.165) is 37.1 Å². The number of nitro groups is 1. The van der Waals surface area contributed by atoms with Crippen molar-refractivity contribution in [2.24, 2.45) is 0 Å². The van der Waals surface area contributed by atoms with E-state index in [1.165, 1.54) is 6.07 Å². The molecule has 36 heavy (non-hydrogen) atoms. The molecule has 5 rings (SSSR count). The fourth-order valence-corrected chi connectivity index (χ4v) is 4.40. The van der Waals surface area contributed by atoms with Crippen molar-refractivity contribution in [3.63, 3.8) is 0 Å². The van der Waals surface area contributed by atoms with E-state index < -0.39 is 10.8 Å². The number of oxazole rings is 1. The molecule has 182 valence electrons. The van der Waals surface area contributed by atoms with Gasteiger partial charge < -0.3 is 14.6 Å². The molecular formula is C25H22N6O4S. The highest BCUT2D eigenvalue weighted by Crippen LogP contribution is 2.32. The summed E-state index contributed by atoms with van der Waals surface area (Å²) in [5.41, 5.74) is 4.04. The minimum absolute atomic E-state index is 0.0770. The maximum atomic E-state index is 12.8. The Hall–Kier alpha value is -4.38. The lowest BCUT2D eigenvalue weighted by atomic mass is 10.1. The molecule has 1 aliphatic rings. The van der Waals surface area contributed by atoms with Crippen LogP contribution >= 0.6 is 12.2 Å². The number of benzene rings is 2. The SMILES string of the molecule is Cc1cc(-c2nc3ncccc3o2)ccc1NC(=S)NC(=O)c1ccc(N2CCCC2)c([N+](=O)[O-])c1. The molecule has 0 spiro atoms. The number of nitrogens with one attached hydrogen (secondary N) is 2. The van der Waals surface area contributed by atoms with Gasteiger partial charge in [-0.05, 0) is 80.0 Å². The van der Waals surface area contributed by atoms with Gasteiger partial charge in [0.15, 0.2) is 16.3 Å². The molecule has 1 saturated heterocycles. The summed E-state index contributed by atoms with van der Waals surface area (Å²) in [6.07, 6.45) is 3.64. The van der Waals surface area contributed by atoms with Gasteiger partial charge in [0.1, 0.15) is 5.69 Å². The van der Waals surface area contributed by atoms with E-state index in [4.69, 9.17) is 16.6 Å². The van der Waals surface area contributed by atoms with Crippen molar-refractivity contribution in [3.8, 4) is 11.5 Å². The first-order chi connectivity index (χ1) is 17.4. The molecule has 11 heteroatoms. The summed E-state index contributed by atoms with van der Waals surface area (Å²) in [7, 11) is 0. The van der Waals surface area contributed by atoms with Gasteiger partial charge in [0, 0.05) is 42.2 Å². The third-order valence-corrected chi connectivity index (χ3v) is 6.20. The first-order valence-corrected chi connectivity index (χ1v) is 11.8. The molecule has 1 amide bonds. The molecule has 0 radical (unpaired) electrons. The Labute approximate surface area is 211 Å². The number of fused-ring (bicyclic) bond motifs is 1. The van der Waals surface area contributed by atoms with Crippen molar-refractivity contribution in [2.75, 3.05) is 23.3 Å². The van der Waals surface area contributed by atoms with Crippen LogP contribution in [0.15, 0.2) is 59.1 Å². The van der Waals surface area contributed by atoms with E-state index in [-0.39, 0.29) is 16.4 Å².